The van der Waals surface area contributed by atoms with Gasteiger partial charge in [-0.25, -0.2) is 0 Å². The Hall–Kier alpha value is -0.740. The molecule has 0 saturated carbocycles. The number of hydrogen-bond acceptors (Lipinski definition) is 3. The summed E-state index contributed by atoms with van der Waals surface area (Å²) in [5, 5.41) is 3.40. The summed E-state index contributed by atoms with van der Waals surface area (Å²) in [6.45, 7) is 4.80. The Morgan fingerprint density at radius 2 is 2.06 bits per heavy atom. The molecule has 0 aliphatic carbocycles. The maximum absolute atomic E-state index is 5.82. The quantitative estimate of drug-likeness (QED) is 0.925. The Morgan fingerprint density at radius 3 is 2.67 bits per heavy atom. The molecule has 18 heavy (non-hydrogen) atoms. The van der Waals surface area contributed by atoms with Crippen molar-refractivity contribution in [3.05, 3.63) is 22.2 Å². The van der Waals surface area contributed by atoms with Crippen molar-refractivity contribution in [2.45, 2.75) is 25.7 Å². The number of rotatable bonds is 4. The van der Waals surface area contributed by atoms with Crippen LogP contribution in [0.5, 0.6) is 11.5 Å². The average molecular weight is 314 g/mol. The van der Waals surface area contributed by atoms with Crippen LogP contribution in [0.4, 0.5) is 0 Å². The second-order valence-electron chi connectivity index (χ2n) is 4.45. The lowest BCUT2D eigenvalue weighted by atomic mass is 9.89. The van der Waals surface area contributed by atoms with E-state index in [9.17, 15) is 0 Å². The number of benzene rings is 1. The second kappa shape index (κ2) is 6.43. The van der Waals surface area contributed by atoms with Gasteiger partial charge in [-0.1, -0.05) is 15.9 Å². The third kappa shape index (κ3) is 2.81. The molecule has 0 radical (unpaired) electrons. The number of piperidine rings is 1. The van der Waals surface area contributed by atoms with Crippen molar-refractivity contribution in [2.24, 2.45) is 0 Å². The third-order valence-corrected chi connectivity index (χ3v) is 4.05. The molecule has 1 aromatic carbocycles. The number of hydrogen-bond donors (Lipinski definition) is 1. The van der Waals surface area contributed by atoms with Crippen molar-refractivity contribution in [2.75, 3.05) is 26.8 Å². The molecule has 0 spiro atoms. The molecule has 1 fully saturated rings. The third-order valence-electron chi connectivity index (χ3n) is 3.36. The highest BCUT2D eigenvalue weighted by atomic mass is 79.9. The van der Waals surface area contributed by atoms with Crippen LogP contribution in [0.25, 0.3) is 0 Å². The van der Waals surface area contributed by atoms with E-state index in [2.05, 4.69) is 27.3 Å². The lowest BCUT2D eigenvalue weighted by molar-refractivity contribution is 0.302. The van der Waals surface area contributed by atoms with Gasteiger partial charge in [0.15, 0.2) is 11.5 Å². The van der Waals surface area contributed by atoms with Gasteiger partial charge in [-0.15, -0.1) is 0 Å². The summed E-state index contributed by atoms with van der Waals surface area (Å²) in [4.78, 5) is 0. The predicted molar refractivity (Wildman–Crippen MR) is 76.7 cm³/mol. The Labute approximate surface area is 117 Å². The fraction of sp³-hybridized carbons (Fsp3) is 0.571. The minimum atomic E-state index is 0.539. The summed E-state index contributed by atoms with van der Waals surface area (Å²) in [7, 11) is 1.69. The Kier molecular flexibility index (Phi) is 4.89. The zero-order valence-corrected chi connectivity index (χ0v) is 12.5. The van der Waals surface area contributed by atoms with E-state index in [1.165, 1.54) is 5.56 Å². The van der Waals surface area contributed by atoms with E-state index >= 15 is 0 Å². The van der Waals surface area contributed by atoms with Gasteiger partial charge in [-0.3, -0.25) is 0 Å². The van der Waals surface area contributed by atoms with Gasteiger partial charge in [0.2, 0.25) is 0 Å². The van der Waals surface area contributed by atoms with Gasteiger partial charge in [0, 0.05) is 10.0 Å². The molecule has 1 heterocycles. The molecule has 100 valence electrons. The highest BCUT2D eigenvalue weighted by Gasteiger charge is 2.24. The first-order valence-electron chi connectivity index (χ1n) is 6.47. The lowest BCUT2D eigenvalue weighted by Crippen LogP contribution is -2.27. The van der Waals surface area contributed by atoms with Crippen LogP contribution < -0.4 is 14.8 Å². The van der Waals surface area contributed by atoms with E-state index in [-0.39, 0.29) is 0 Å². The van der Waals surface area contributed by atoms with Crippen LogP contribution in [0.1, 0.15) is 31.2 Å². The van der Waals surface area contributed by atoms with Gasteiger partial charge in [0.1, 0.15) is 0 Å². The van der Waals surface area contributed by atoms with Gasteiger partial charge in [-0.05, 0) is 50.9 Å². The molecule has 1 aromatic rings. The van der Waals surface area contributed by atoms with Crippen molar-refractivity contribution in [3.63, 3.8) is 0 Å². The summed E-state index contributed by atoms with van der Waals surface area (Å²) in [6, 6.07) is 4.01. The predicted octanol–water partition coefficient (Wildman–Crippen LogP) is 3.32. The normalized spacial score (nSPS) is 16.6. The van der Waals surface area contributed by atoms with Crippen LogP contribution in [0, 0.1) is 0 Å². The Morgan fingerprint density at radius 1 is 1.33 bits per heavy atom. The molecule has 2 rings (SSSR count). The average Bonchev–Trinajstić information content (AvgIpc) is 2.40. The van der Waals surface area contributed by atoms with Crippen molar-refractivity contribution < 1.29 is 9.47 Å². The Balaban J connectivity index is 2.41. The minimum absolute atomic E-state index is 0.539. The van der Waals surface area contributed by atoms with Crippen LogP contribution >= 0.6 is 15.9 Å². The topological polar surface area (TPSA) is 30.5 Å². The molecule has 0 bridgehead atoms. The van der Waals surface area contributed by atoms with Crippen molar-refractivity contribution in [1.29, 1.82) is 0 Å². The zero-order valence-electron chi connectivity index (χ0n) is 11.0. The van der Waals surface area contributed by atoms with E-state index < -0.39 is 0 Å². The number of ether oxygens (including phenoxy) is 2. The van der Waals surface area contributed by atoms with E-state index in [4.69, 9.17) is 9.47 Å². The number of methoxy groups -OCH3 is 1. The molecule has 1 aliphatic heterocycles. The summed E-state index contributed by atoms with van der Waals surface area (Å²) < 4.78 is 12.4. The van der Waals surface area contributed by atoms with Crippen LogP contribution in [0.15, 0.2) is 16.6 Å². The van der Waals surface area contributed by atoms with E-state index in [0.717, 1.165) is 41.9 Å². The van der Waals surface area contributed by atoms with Crippen molar-refractivity contribution in [3.8, 4) is 11.5 Å². The van der Waals surface area contributed by atoms with Gasteiger partial charge in [0.25, 0.3) is 0 Å². The molecule has 3 nitrogen and oxygen atoms in total. The van der Waals surface area contributed by atoms with E-state index in [1.54, 1.807) is 7.11 Å². The van der Waals surface area contributed by atoms with Crippen molar-refractivity contribution in [1.82, 2.24) is 5.32 Å². The van der Waals surface area contributed by atoms with Crippen LogP contribution in [-0.2, 0) is 0 Å². The van der Waals surface area contributed by atoms with Crippen LogP contribution in [0.3, 0.4) is 0 Å². The monoisotopic (exact) mass is 313 g/mol. The summed E-state index contributed by atoms with van der Waals surface area (Å²) in [5.41, 5.74) is 1.26. The highest BCUT2D eigenvalue weighted by Crippen LogP contribution is 2.43. The van der Waals surface area contributed by atoms with Crippen LogP contribution in [0.2, 0.25) is 0 Å². The first-order chi connectivity index (χ1) is 8.77. The zero-order chi connectivity index (χ0) is 13.0. The Bertz CT molecular complexity index is 403. The fourth-order valence-electron chi connectivity index (χ4n) is 2.50. The van der Waals surface area contributed by atoms with Gasteiger partial charge in [-0.2, -0.15) is 0 Å². The summed E-state index contributed by atoms with van der Waals surface area (Å²) in [5.74, 6) is 2.27. The number of nitrogens with one attached hydrogen (secondary N) is 1. The van der Waals surface area contributed by atoms with Gasteiger partial charge >= 0.3 is 0 Å². The molecular formula is C14H20BrNO2. The maximum atomic E-state index is 5.82. The first kappa shape index (κ1) is 13.7. The summed E-state index contributed by atoms with van der Waals surface area (Å²) in [6.07, 6.45) is 2.29. The van der Waals surface area contributed by atoms with Gasteiger partial charge < -0.3 is 14.8 Å². The molecule has 0 atom stereocenters. The smallest absolute Gasteiger partial charge is 0.165 e. The first-order valence-corrected chi connectivity index (χ1v) is 7.27. The van der Waals surface area contributed by atoms with E-state index in [0.29, 0.717) is 12.5 Å². The standard InChI is InChI=1S/C14H20BrNO2/c1-3-18-14-12(17-2)5-4-11(15)13(14)10-6-8-16-9-7-10/h4-5,10,16H,3,6-9H2,1-2H3. The molecule has 1 saturated heterocycles. The molecular weight excluding hydrogens is 294 g/mol. The van der Waals surface area contributed by atoms with Gasteiger partial charge in [0.05, 0.1) is 13.7 Å². The van der Waals surface area contributed by atoms with Crippen LogP contribution in [-0.4, -0.2) is 26.8 Å². The highest BCUT2D eigenvalue weighted by molar-refractivity contribution is 9.10. The summed E-state index contributed by atoms with van der Waals surface area (Å²) >= 11 is 3.66. The molecule has 4 heteroatoms. The SMILES string of the molecule is CCOc1c(OC)ccc(Br)c1C1CCNCC1. The molecule has 0 amide bonds. The minimum Gasteiger partial charge on any atom is -0.493 e. The molecule has 0 aromatic heterocycles. The fourth-order valence-corrected chi connectivity index (χ4v) is 3.14. The molecule has 1 aliphatic rings. The molecule has 0 unspecified atom stereocenters. The maximum Gasteiger partial charge on any atom is 0.165 e. The second-order valence-corrected chi connectivity index (χ2v) is 5.30. The largest absolute Gasteiger partial charge is 0.493 e. The molecule has 1 N–H and O–H groups in total. The number of halogens is 1. The van der Waals surface area contributed by atoms with E-state index in [1.807, 2.05) is 13.0 Å². The lowest BCUT2D eigenvalue weighted by Gasteiger charge is -2.26. The van der Waals surface area contributed by atoms with Crippen molar-refractivity contribution >= 4 is 15.9 Å².